The smallest absolute Gasteiger partial charge is 0.306 e. The van der Waals surface area contributed by atoms with Crippen LogP contribution in [0.3, 0.4) is 0 Å². The van der Waals surface area contributed by atoms with Crippen LogP contribution in [0.1, 0.15) is 316 Å². The third-order valence-electron chi connectivity index (χ3n) is 14.1. The van der Waals surface area contributed by atoms with E-state index in [1.807, 2.05) is 0 Å². The summed E-state index contributed by atoms with van der Waals surface area (Å²) in [5.74, 6) is -0.944. The van der Waals surface area contributed by atoms with Gasteiger partial charge in [0.05, 0.1) is 0 Å². The molecule has 442 valence electrons. The van der Waals surface area contributed by atoms with Crippen molar-refractivity contribution in [2.24, 2.45) is 0 Å². The van der Waals surface area contributed by atoms with E-state index >= 15 is 0 Å². The van der Waals surface area contributed by atoms with E-state index in [0.29, 0.717) is 19.3 Å². The Morgan fingerprint density at radius 1 is 0.273 bits per heavy atom. The molecule has 0 saturated heterocycles. The monoisotopic (exact) mass is 1070 g/mol. The van der Waals surface area contributed by atoms with Gasteiger partial charge < -0.3 is 14.2 Å². The molecule has 0 aromatic rings. The standard InChI is InChI=1S/C71H122O6/c1-4-7-10-13-16-19-22-25-28-31-33-35-37-38-40-43-46-49-52-55-58-61-64-70(73)76-67-68(66-75-69(72)63-60-57-54-51-48-45-42-30-27-24-21-18-15-12-9-6-3)77-71(74)65-62-59-56-53-50-47-44-41-39-36-34-32-29-26-23-20-17-14-11-8-5-2/h8,11,17,20-21,24,26,29-30,34,36,41-42,44,50,53,68H,4-7,9-10,12-16,18-19,22-23,25,27-28,31-33,35,37-40,43,45-49,51-52,54-67H2,1-3H3/b11-8-,20-17-,24-21-,29-26-,36-34-,42-30-,44-41-,53-50-. The first-order chi connectivity index (χ1) is 38.0. The molecule has 6 nitrogen and oxygen atoms in total. The van der Waals surface area contributed by atoms with Crippen LogP contribution in [0, 0.1) is 0 Å². The number of ether oxygens (including phenoxy) is 3. The Morgan fingerprint density at radius 2 is 0.506 bits per heavy atom. The summed E-state index contributed by atoms with van der Waals surface area (Å²) in [6, 6.07) is 0. The fourth-order valence-corrected chi connectivity index (χ4v) is 9.18. The molecule has 77 heavy (non-hydrogen) atoms. The van der Waals surface area contributed by atoms with Gasteiger partial charge in [-0.25, -0.2) is 0 Å². The highest BCUT2D eigenvalue weighted by atomic mass is 16.6. The van der Waals surface area contributed by atoms with Gasteiger partial charge in [0.25, 0.3) is 0 Å². The highest BCUT2D eigenvalue weighted by Gasteiger charge is 2.19. The lowest BCUT2D eigenvalue weighted by Gasteiger charge is -2.18. The second-order valence-electron chi connectivity index (χ2n) is 21.6. The predicted octanol–water partition coefficient (Wildman–Crippen LogP) is 22.4. The molecule has 0 amide bonds. The van der Waals surface area contributed by atoms with Gasteiger partial charge in [-0.2, -0.15) is 0 Å². The maximum Gasteiger partial charge on any atom is 0.306 e. The number of allylic oxidation sites excluding steroid dienone is 16. The first kappa shape index (κ1) is 73.3. The molecule has 6 heteroatoms. The van der Waals surface area contributed by atoms with Crippen molar-refractivity contribution < 1.29 is 28.6 Å². The molecule has 0 aliphatic heterocycles. The molecule has 0 bridgehead atoms. The van der Waals surface area contributed by atoms with Crippen LogP contribution in [0.5, 0.6) is 0 Å². The largest absolute Gasteiger partial charge is 0.462 e. The van der Waals surface area contributed by atoms with Crippen molar-refractivity contribution in [1.82, 2.24) is 0 Å². The van der Waals surface area contributed by atoms with E-state index in [-0.39, 0.29) is 37.5 Å². The Bertz CT molecular complexity index is 1510. The average molecular weight is 1070 g/mol. The van der Waals surface area contributed by atoms with Gasteiger partial charge in [-0.05, 0) is 103 Å². The van der Waals surface area contributed by atoms with Crippen LogP contribution < -0.4 is 0 Å². The second-order valence-corrected chi connectivity index (χ2v) is 21.6. The number of carbonyl (C=O) groups is 3. The maximum atomic E-state index is 12.9. The van der Waals surface area contributed by atoms with E-state index in [1.54, 1.807) is 0 Å². The van der Waals surface area contributed by atoms with Crippen molar-refractivity contribution >= 4 is 17.9 Å². The van der Waals surface area contributed by atoms with Crippen LogP contribution in [0.2, 0.25) is 0 Å². The molecule has 0 aliphatic carbocycles. The van der Waals surface area contributed by atoms with E-state index in [1.165, 1.54) is 154 Å². The Hall–Kier alpha value is -3.67. The zero-order valence-electron chi connectivity index (χ0n) is 50.7. The van der Waals surface area contributed by atoms with E-state index in [9.17, 15) is 14.4 Å². The van der Waals surface area contributed by atoms with Crippen molar-refractivity contribution in [3.05, 3.63) is 97.2 Å². The average Bonchev–Trinajstić information content (AvgIpc) is 3.43. The minimum absolute atomic E-state index is 0.0977. The Kier molecular flexibility index (Phi) is 61.8. The third kappa shape index (κ3) is 63.0. The summed E-state index contributed by atoms with van der Waals surface area (Å²) in [4.78, 5) is 38.3. The molecule has 0 fully saturated rings. The molecule has 0 saturated carbocycles. The van der Waals surface area contributed by atoms with Gasteiger partial charge in [0.15, 0.2) is 6.10 Å². The van der Waals surface area contributed by atoms with E-state index in [0.717, 1.165) is 116 Å². The Morgan fingerprint density at radius 3 is 0.831 bits per heavy atom. The molecule has 0 N–H and O–H groups in total. The van der Waals surface area contributed by atoms with Crippen molar-refractivity contribution in [2.45, 2.75) is 322 Å². The minimum Gasteiger partial charge on any atom is -0.462 e. The topological polar surface area (TPSA) is 78.9 Å². The zero-order chi connectivity index (χ0) is 55.7. The highest BCUT2D eigenvalue weighted by Crippen LogP contribution is 2.17. The van der Waals surface area contributed by atoms with Gasteiger partial charge in [0.1, 0.15) is 13.2 Å². The molecule has 0 heterocycles. The molecule has 0 radical (unpaired) electrons. The first-order valence-corrected chi connectivity index (χ1v) is 32.7. The number of rotatable bonds is 59. The molecule has 0 aromatic carbocycles. The summed E-state index contributed by atoms with van der Waals surface area (Å²) >= 11 is 0. The number of hydrogen-bond donors (Lipinski definition) is 0. The molecule has 0 rings (SSSR count). The van der Waals surface area contributed by atoms with E-state index < -0.39 is 6.10 Å². The van der Waals surface area contributed by atoms with Crippen molar-refractivity contribution in [1.29, 1.82) is 0 Å². The fraction of sp³-hybridized carbons (Fsp3) is 0.732. The summed E-state index contributed by atoms with van der Waals surface area (Å²) in [7, 11) is 0. The summed E-state index contributed by atoms with van der Waals surface area (Å²) in [5.41, 5.74) is 0. The van der Waals surface area contributed by atoms with Crippen molar-refractivity contribution in [3.63, 3.8) is 0 Å². The first-order valence-electron chi connectivity index (χ1n) is 32.7. The quantitative estimate of drug-likeness (QED) is 0.0261. The van der Waals surface area contributed by atoms with E-state index in [4.69, 9.17) is 14.2 Å². The second kappa shape index (κ2) is 64.9. The third-order valence-corrected chi connectivity index (χ3v) is 14.1. The predicted molar refractivity (Wildman–Crippen MR) is 334 cm³/mol. The SMILES string of the molecule is CC/C=C\C/C=C\C/C=C\C/C=C\C/C=C\C/C=C\CCCCC(=O)OC(COC(=O)CCCCCCC/C=C\C/C=C\CCCCCC)COC(=O)CCCCCCCCCCCCCCCCCCCCCCCC. The number of unbranched alkanes of at least 4 members (excludes halogenated alkanes) is 32. The van der Waals surface area contributed by atoms with Crippen LogP contribution in [0.4, 0.5) is 0 Å². The molecule has 0 aromatic heterocycles. The summed E-state index contributed by atoms with van der Waals surface area (Å²) in [6.07, 6.45) is 87.0. The fourth-order valence-electron chi connectivity index (χ4n) is 9.18. The van der Waals surface area contributed by atoms with Crippen LogP contribution in [0.25, 0.3) is 0 Å². The molecule has 0 spiro atoms. The van der Waals surface area contributed by atoms with Gasteiger partial charge in [0.2, 0.25) is 0 Å². The zero-order valence-corrected chi connectivity index (χ0v) is 50.7. The van der Waals surface area contributed by atoms with Crippen molar-refractivity contribution in [3.8, 4) is 0 Å². The number of esters is 3. The van der Waals surface area contributed by atoms with Crippen LogP contribution in [-0.4, -0.2) is 37.2 Å². The molecular weight excluding hydrogens is 949 g/mol. The van der Waals surface area contributed by atoms with Gasteiger partial charge in [-0.15, -0.1) is 0 Å². The minimum atomic E-state index is -0.808. The lowest BCUT2D eigenvalue weighted by Crippen LogP contribution is -2.30. The van der Waals surface area contributed by atoms with Crippen LogP contribution >= 0.6 is 0 Å². The molecule has 1 atom stereocenters. The van der Waals surface area contributed by atoms with Gasteiger partial charge in [-0.1, -0.05) is 291 Å². The lowest BCUT2D eigenvalue weighted by molar-refractivity contribution is -0.167. The summed E-state index contributed by atoms with van der Waals surface area (Å²) < 4.78 is 16.9. The number of hydrogen-bond acceptors (Lipinski definition) is 6. The Labute approximate surface area is 477 Å². The highest BCUT2D eigenvalue weighted by molar-refractivity contribution is 5.71. The number of carbonyl (C=O) groups excluding carboxylic acids is 3. The molecular formula is C71H122O6. The Balaban J connectivity index is 4.44. The maximum absolute atomic E-state index is 12.9. The van der Waals surface area contributed by atoms with Crippen LogP contribution in [0.15, 0.2) is 97.2 Å². The normalized spacial score (nSPS) is 12.7. The summed E-state index contributed by atoms with van der Waals surface area (Å²) in [6.45, 7) is 6.50. The lowest BCUT2D eigenvalue weighted by atomic mass is 10.0. The van der Waals surface area contributed by atoms with Gasteiger partial charge in [-0.3, -0.25) is 14.4 Å². The van der Waals surface area contributed by atoms with E-state index in [2.05, 4.69) is 118 Å². The summed E-state index contributed by atoms with van der Waals surface area (Å²) in [5, 5.41) is 0. The van der Waals surface area contributed by atoms with Gasteiger partial charge >= 0.3 is 17.9 Å². The van der Waals surface area contributed by atoms with Gasteiger partial charge in [0, 0.05) is 19.3 Å². The molecule has 0 aliphatic rings. The molecule has 1 unspecified atom stereocenters. The van der Waals surface area contributed by atoms with Crippen molar-refractivity contribution in [2.75, 3.05) is 13.2 Å². The van der Waals surface area contributed by atoms with Crippen LogP contribution in [-0.2, 0) is 28.6 Å².